The van der Waals surface area contributed by atoms with Gasteiger partial charge in [0.1, 0.15) is 5.75 Å². The van der Waals surface area contributed by atoms with Crippen LogP contribution >= 0.6 is 27.3 Å². The Labute approximate surface area is 178 Å². The van der Waals surface area contributed by atoms with Crippen molar-refractivity contribution < 1.29 is 9.53 Å². The number of nitrogens with zero attached hydrogens (tertiary/aromatic N) is 1. The Bertz CT molecular complexity index is 880. The molecule has 1 amide bonds. The molecule has 4 nitrogen and oxygen atoms in total. The van der Waals surface area contributed by atoms with Crippen molar-refractivity contribution in [1.29, 1.82) is 0 Å². The number of aromatic nitrogens is 1. The molecule has 4 fully saturated rings. The molecule has 0 spiro atoms. The molecule has 2 aromatic rings. The van der Waals surface area contributed by atoms with E-state index in [4.69, 9.17) is 4.74 Å². The zero-order chi connectivity index (χ0) is 19.4. The van der Waals surface area contributed by atoms with Gasteiger partial charge in [0.25, 0.3) is 0 Å². The average molecular weight is 461 g/mol. The van der Waals surface area contributed by atoms with Crippen molar-refractivity contribution >= 4 is 38.3 Å². The number of rotatable bonds is 5. The van der Waals surface area contributed by atoms with Crippen LogP contribution in [-0.2, 0) is 4.79 Å². The summed E-state index contributed by atoms with van der Waals surface area (Å²) < 4.78 is 5.50. The van der Waals surface area contributed by atoms with E-state index in [1.54, 1.807) is 7.11 Å². The molecule has 1 N–H and O–H groups in total. The zero-order valence-electron chi connectivity index (χ0n) is 16.0. The highest BCUT2D eigenvalue weighted by molar-refractivity contribution is 9.10. The number of methoxy groups -OCH3 is 1. The molecule has 148 valence electrons. The van der Waals surface area contributed by atoms with E-state index in [-0.39, 0.29) is 11.3 Å². The molecule has 4 atom stereocenters. The van der Waals surface area contributed by atoms with Gasteiger partial charge in [0.2, 0.25) is 5.91 Å². The summed E-state index contributed by atoms with van der Waals surface area (Å²) in [5, 5.41) is 5.76. The van der Waals surface area contributed by atoms with Crippen LogP contribution < -0.4 is 10.1 Å². The van der Waals surface area contributed by atoms with Crippen LogP contribution in [0.2, 0.25) is 0 Å². The number of anilines is 1. The van der Waals surface area contributed by atoms with Crippen LogP contribution in [0.1, 0.15) is 44.9 Å². The van der Waals surface area contributed by atoms with Gasteiger partial charge in [-0.1, -0.05) is 15.9 Å². The third-order valence-electron chi connectivity index (χ3n) is 6.78. The van der Waals surface area contributed by atoms with E-state index in [0.29, 0.717) is 15.9 Å². The van der Waals surface area contributed by atoms with Crippen LogP contribution in [0.15, 0.2) is 29.6 Å². The third kappa shape index (κ3) is 3.50. The summed E-state index contributed by atoms with van der Waals surface area (Å²) in [6, 6.07) is 7.83. The summed E-state index contributed by atoms with van der Waals surface area (Å²) >= 11 is 5.53. The molecule has 4 aliphatic carbocycles. The minimum Gasteiger partial charge on any atom is -0.497 e. The van der Waals surface area contributed by atoms with Crippen molar-refractivity contribution in [2.24, 2.45) is 17.3 Å². The fraction of sp³-hybridized carbons (Fsp3) is 0.545. The number of amides is 1. The number of ether oxygens (including phenoxy) is 1. The van der Waals surface area contributed by atoms with Gasteiger partial charge in [0, 0.05) is 21.7 Å². The van der Waals surface area contributed by atoms with E-state index in [2.05, 4.69) is 26.2 Å². The Hall–Kier alpha value is -1.40. The predicted molar refractivity (Wildman–Crippen MR) is 116 cm³/mol. The monoisotopic (exact) mass is 460 g/mol. The molecule has 6 rings (SSSR count). The number of nitrogens with one attached hydrogen (secondary N) is 1. The molecule has 0 saturated heterocycles. The molecule has 4 aliphatic rings. The molecule has 0 radical (unpaired) electrons. The molecule has 0 aliphatic heterocycles. The van der Waals surface area contributed by atoms with Gasteiger partial charge in [0.05, 0.1) is 12.8 Å². The maximum Gasteiger partial charge on any atom is 0.226 e. The van der Waals surface area contributed by atoms with Gasteiger partial charge in [-0.25, -0.2) is 4.98 Å². The first-order valence-electron chi connectivity index (χ1n) is 10.0. The lowest BCUT2D eigenvalue weighted by molar-refractivity contribution is -0.123. The number of hydrogen-bond acceptors (Lipinski definition) is 4. The topological polar surface area (TPSA) is 51.2 Å². The van der Waals surface area contributed by atoms with Crippen molar-refractivity contribution in [2.45, 2.75) is 49.3 Å². The van der Waals surface area contributed by atoms with Crippen molar-refractivity contribution in [3.63, 3.8) is 0 Å². The quantitative estimate of drug-likeness (QED) is 0.566. The van der Waals surface area contributed by atoms with Crippen LogP contribution in [0.3, 0.4) is 0 Å². The SMILES string of the molecule is COc1ccc(-c2csc(NC(=O)CC34C[C@@H]5C[C@@H](CC(Br)(C5)C3)C4)n2)cc1. The predicted octanol–water partition coefficient (Wildman–Crippen LogP) is 5.88. The van der Waals surface area contributed by atoms with Crippen LogP contribution in [0, 0.1) is 17.3 Å². The standard InChI is InChI=1S/C22H25BrN2O2S/c1-27-17-4-2-16(3-5-17)18-12-28-20(24-18)25-19(26)11-21-7-14-6-15(8-21)10-22(23,9-14)13-21/h2-5,12,14-15H,6-11,13H2,1H3,(H,24,25,26)/t14-,15+,21?,22?. The molecular weight excluding hydrogens is 436 g/mol. The van der Waals surface area contributed by atoms with Gasteiger partial charge in [-0.15, -0.1) is 11.3 Å². The first kappa shape index (κ1) is 18.6. The summed E-state index contributed by atoms with van der Waals surface area (Å²) in [5.41, 5.74) is 2.10. The highest BCUT2D eigenvalue weighted by Crippen LogP contribution is 2.65. The fourth-order valence-corrected chi connectivity index (χ4v) is 8.52. The lowest BCUT2D eigenvalue weighted by Crippen LogP contribution is -2.53. The Kier molecular flexibility index (Phi) is 4.55. The first-order valence-corrected chi connectivity index (χ1v) is 11.7. The lowest BCUT2D eigenvalue weighted by Gasteiger charge is -2.60. The molecule has 6 heteroatoms. The Morgan fingerprint density at radius 2 is 1.96 bits per heavy atom. The number of halogens is 1. The molecule has 4 bridgehead atoms. The van der Waals surface area contributed by atoms with Crippen LogP contribution in [0.5, 0.6) is 5.75 Å². The number of benzene rings is 1. The Morgan fingerprint density at radius 1 is 1.25 bits per heavy atom. The van der Waals surface area contributed by atoms with E-state index < -0.39 is 0 Å². The van der Waals surface area contributed by atoms with Crippen molar-refractivity contribution in [3.05, 3.63) is 29.6 Å². The van der Waals surface area contributed by atoms with Gasteiger partial charge in [-0.3, -0.25) is 4.79 Å². The number of alkyl halides is 1. The second-order valence-corrected chi connectivity index (χ2v) is 11.6. The van der Waals surface area contributed by atoms with Gasteiger partial charge in [-0.05, 0) is 80.0 Å². The van der Waals surface area contributed by atoms with Gasteiger partial charge in [-0.2, -0.15) is 0 Å². The summed E-state index contributed by atoms with van der Waals surface area (Å²) in [6.07, 6.45) is 8.18. The van der Waals surface area contributed by atoms with E-state index in [1.807, 2.05) is 29.6 Å². The molecule has 28 heavy (non-hydrogen) atoms. The van der Waals surface area contributed by atoms with E-state index in [1.165, 1.54) is 43.4 Å². The number of hydrogen-bond donors (Lipinski definition) is 1. The van der Waals surface area contributed by atoms with Crippen molar-refractivity contribution in [3.8, 4) is 17.0 Å². The smallest absolute Gasteiger partial charge is 0.226 e. The summed E-state index contributed by atoms with van der Waals surface area (Å²) in [5.74, 6) is 2.55. The fourth-order valence-electron chi connectivity index (χ4n) is 6.27. The molecular formula is C22H25BrN2O2S. The maximum absolute atomic E-state index is 12.9. The van der Waals surface area contributed by atoms with Crippen LogP contribution in [0.4, 0.5) is 5.13 Å². The molecule has 4 saturated carbocycles. The largest absolute Gasteiger partial charge is 0.497 e. The van der Waals surface area contributed by atoms with E-state index >= 15 is 0 Å². The Balaban J connectivity index is 1.26. The first-order chi connectivity index (χ1) is 13.4. The minimum absolute atomic E-state index is 0.119. The minimum atomic E-state index is 0.119. The van der Waals surface area contributed by atoms with Gasteiger partial charge >= 0.3 is 0 Å². The van der Waals surface area contributed by atoms with Crippen molar-refractivity contribution in [2.75, 3.05) is 12.4 Å². The summed E-state index contributed by atoms with van der Waals surface area (Å²) in [7, 11) is 1.66. The Morgan fingerprint density at radius 3 is 2.61 bits per heavy atom. The lowest BCUT2D eigenvalue weighted by atomic mass is 9.48. The third-order valence-corrected chi connectivity index (χ3v) is 8.47. The van der Waals surface area contributed by atoms with Crippen LogP contribution in [0.25, 0.3) is 11.3 Å². The van der Waals surface area contributed by atoms with E-state index in [0.717, 1.165) is 35.3 Å². The number of thiazole rings is 1. The molecule has 1 heterocycles. The molecule has 1 aromatic heterocycles. The molecule has 1 aromatic carbocycles. The highest BCUT2D eigenvalue weighted by atomic mass is 79.9. The second kappa shape index (κ2) is 6.84. The summed E-state index contributed by atoms with van der Waals surface area (Å²) in [6.45, 7) is 0. The average Bonchev–Trinajstić information content (AvgIpc) is 3.07. The summed E-state index contributed by atoms with van der Waals surface area (Å²) in [4.78, 5) is 17.5. The zero-order valence-corrected chi connectivity index (χ0v) is 18.4. The van der Waals surface area contributed by atoms with E-state index in [9.17, 15) is 4.79 Å². The number of carbonyl (C=O) groups excluding carboxylic acids is 1. The van der Waals surface area contributed by atoms with Crippen LogP contribution in [-0.4, -0.2) is 22.3 Å². The van der Waals surface area contributed by atoms with Gasteiger partial charge in [0.15, 0.2) is 5.13 Å². The highest BCUT2D eigenvalue weighted by Gasteiger charge is 2.57. The number of carbonyl (C=O) groups is 1. The molecule has 2 unspecified atom stereocenters. The van der Waals surface area contributed by atoms with Gasteiger partial charge < -0.3 is 10.1 Å². The van der Waals surface area contributed by atoms with Crippen molar-refractivity contribution in [1.82, 2.24) is 4.98 Å². The normalized spacial score (nSPS) is 33.1. The second-order valence-electron chi connectivity index (χ2n) is 9.10. The maximum atomic E-state index is 12.9.